The lowest BCUT2D eigenvalue weighted by molar-refractivity contribution is 0.0692. The second-order valence-corrected chi connectivity index (χ2v) is 4.52. The summed E-state index contributed by atoms with van der Waals surface area (Å²) >= 11 is 0. The van der Waals surface area contributed by atoms with Crippen molar-refractivity contribution in [1.82, 2.24) is 10.2 Å². The number of rotatable bonds is 4. The van der Waals surface area contributed by atoms with Crippen LogP contribution in [0.25, 0.3) is 0 Å². The molecule has 0 aliphatic heterocycles. The van der Waals surface area contributed by atoms with Gasteiger partial charge in [-0.25, -0.2) is 4.79 Å². The van der Waals surface area contributed by atoms with Gasteiger partial charge in [0.05, 0.1) is 11.1 Å². The number of aromatic nitrogens is 2. The first-order chi connectivity index (χ1) is 9.65. The number of benzene rings is 1. The number of aromatic carboxylic acids is 1. The summed E-state index contributed by atoms with van der Waals surface area (Å²) in [6.45, 7) is 0. The van der Waals surface area contributed by atoms with Gasteiger partial charge < -0.3 is 9.52 Å². The van der Waals surface area contributed by atoms with Crippen LogP contribution in [0, 0.1) is 0 Å². The minimum absolute atomic E-state index is 0.0166. The van der Waals surface area contributed by atoms with Crippen molar-refractivity contribution in [3.63, 3.8) is 0 Å². The standard InChI is InChI=1S/C13H11N3O4/c17-10(8-3-1-2-4-9(8)12(18)19)14-13-16-15-11(20-13)7-5-6-7/h1-4,7H,5-6H2,(H,18,19)(H,14,16,17). The highest BCUT2D eigenvalue weighted by atomic mass is 16.4. The summed E-state index contributed by atoms with van der Waals surface area (Å²) in [7, 11) is 0. The average molecular weight is 273 g/mol. The van der Waals surface area contributed by atoms with Gasteiger partial charge in [0.2, 0.25) is 5.89 Å². The van der Waals surface area contributed by atoms with Gasteiger partial charge in [-0.05, 0) is 25.0 Å². The quantitative estimate of drug-likeness (QED) is 0.881. The van der Waals surface area contributed by atoms with E-state index < -0.39 is 11.9 Å². The molecular weight excluding hydrogens is 262 g/mol. The highest BCUT2D eigenvalue weighted by Crippen LogP contribution is 2.39. The third-order valence-electron chi connectivity index (χ3n) is 2.99. The van der Waals surface area contributed by atoms with Crippen molar-refractivity contribution in [2.75, 3.05) is 5.32 Å². The lowest BCUT2D eigenvalue weighted by Gasteiger charge is -2.04. The first-order valence-corrected chi connectivity index (χ1v) is 6.12. The molecule has 1 aliphatic carbocycles. The molecule has 7 heteroatoms. The zero-order valence-electron chi connectivity index (χ0n) is 10.4. The molecule has 1 fully saturated rings. The molecular formula is C13H11N3O4. The minimum atomic E-state index is -1.17. The minimum Gasteiger partial charge on any atom is -0.478 e. The molecule has 0 atom stereocenters. The molecule has 0 unspecified atom stereocenters. The van der Waals surface area contributed by atoms with E-state index in [2.05, 4.69) is 15.5 Å². The van der Waals surface area contributed by atoms with Crippen LogP contribution in [0.3, 0.4) is 0 Å². The number of carboxylic acid groups (broad SMARTS) is 1. The number of carbonyl (C=O) groups excluding carboxylic acids is 1. The SMILES string of the molecule is O=C(O)c1ccccc1C(=O)Nc1nnc(C2CC2)o1. The third kappa shape index (κ3) is 2.37. The summed E-state index contributed by atoms with van der Waals surface area (Å²) in [5.74, 6) is -0.958. The van der Waals surface area contributed by atoms with Gasteiger partial charge in [0.25, 0.3) is 5.91 Å². The summed E-state index contributed by atoms with van der Waals surface area (Å²) in [6, 6.07) is 5.91. The molecule has 1 aromatic heterocycles. The zero-order chi connectivity index (χ0) is 14.1. The molecule has 3 rings (SSSR count). The Labute approximate surface area is 113 Å². The number of hydrogen-bond acceptors (Lipinski definition) is 5. The van der Waals surface area contributed by atoms with E-state index in [0.29, 0.717) is 11.8 Å². The maximum Gasteiger partial charge on any atom is 0.336 e. The van der Waals surface area contributed by atoms with Crippen molar-refractivity contribution in [1.29, 1.82) is 0 Å². The second kappa shape index (κ2) is 4.76. The number of nitrogens with zero attached hydrogens (tertiary/aromatic N) is 2. The van der Waals surface area contributed by atoms with E-state index in [1.165, 1.54) is 12.1 Å². The Hall–Kier alpha value is -2.70. The molecule has 1 amide bonds. The summed E-state index contributed by atoms with van der Waals surface area (Å²) in [4.78, 5) is 23.1. The lowest BCUT2D eigenvalue weighted by Crippen LogP contribution is -2.16. The van der Waals surface area contributed by atoms with E-state index in [1.807, 2.05) is 0 Å². The molecule has 0 radical (unpaired) electrons. The summed E-state index contributed by atoms with van der Waals surface area (Å²) in [6.07, 6.45) is 2.02. The van der Waals surface area contributed by atoms with Gasteiger partial charge >= 0.3 is 12.0 Å². The van der Waals surface area contributed by atoms with E-state index in [9.17, 15) is 9.59 Å². The van der Waals surface area contributed by atoms with Gasteiger partial charge in [-0.3, -0.25) is 10.1 Å². The number of amides is 1. The van der Waals surface area contributed by atoms with Crippen molar-refractivity contribution in [2.45, 2.75) is 18.8 Å². The molecule has 2 aromatic rings. The molecule has 20 heavy (non-hydrogen) atoms. The van der Waals surface area contributed by atoms with E-state index in [4.69, 9.17) is 9.52 Å². The lowest BCUT2D eigenvalue weighted by atomic mass is 10.1. The molecule has 102 valence electrons. The van der Waals surface area contributed by atoms with Gasteiger partial charge in [0.1, 0.15) is 0 Å². The number of carbonyl (C=O) groups is 2. The molecule has 7 nitrogen and oxygen atoms in total. The average Bonchev–Trinajstić information content (AvgIpc) is 3.19. The predicted molar refractivity (Wildman–Crippen MR) is 67.6 cm³/mol. The number of carboxylic acids is 1. The molecule has 1 aliphatic rings. The molecule has 1 aromatic carbocycles. The fraction of sp³-hybridized carbons (Fsp3) is 0.231. The van der Waals surface area contributed by atoms with Crippen LogP contribution in [-0.2, 0) is 0 Å². The second-order valence-electron chi connectivity index (χ2n) is 4.52. The Balaban J connectivity index is 1.80. The van der Waals surface area contributed by atoms with Crippen LogP contribution in [0.5, 0.6) is 0 Å². The van der Waals surface area contributed by atoms with Crippen molar-refractivity contribution in [2.24, 2.45) is 0 Å². The zero-order valence-corrected chi connectivity index (χ0v) is 10.4. The van der Waals surface area contributed by atoms with Crippen molar-refractivity contribution in [3.05, 3.63) is 41.3 Å². The van der Waals surface area contributed by atoms with Gasteiger partial charge in [-0.2, -0.15) is 0 Å². The van der Waals surface area contributed by atoms with Crippen LogP contribution >= 0.6 is 0 Å². The molecule has 0 bridgehead atoms. The normalized spacial score (nSPS) is 14.0. The molecule has 0 saturated heterocycles. The Morgan fingerprint density at radius 2 is 1.90 bits per heavy atom. The van der Waals surface area contributed by atoms with E-state index in [1.54, 1.807) is 12.1 Å². The first kappa shape index (κ1) is 12.3. The van der Waals surface area contributed by atoms with Gasteiger partial charge in [0.15, 0.2) is 0 Å². The Kier molecular flexibility index (Phi) is 2.94. The van der Waals surface area contributed by atoms with Crippen molar-refractivity contribution >= 4 is 17.9 Å². The fourth-order valence-electron chi connectivity index (χ4n) is 1.81. The Morgan fingerprint density at radius 1 is 1.20 bits per heavy atom. The van der Waals surface area contributed by atoms with E-state index in [-0.39, 0.29) is 17.1 Å². The van der Waals surface area contributed by atoms with Crippen LogP contribution in [0.4, 0.5) is 6.01 Å². The summed E-state index contributed by atoms with van der Waals surface area (Å²) in [5.41, 5.74) is -0.0295. The van der Waals surface area contributed by atoms with Crippen LogP contribution < -0.4 is 5.32 Å². The molecule has 2 N–H and O–H groups in total. The van der Waals surface area contributed by atoms with E-state index >= 15 is 0 Å². The van der Waals surface area contributed by atoms with Crippen molar-refractivity contribution in [3.8, 4) is 0 Å². The topological polar surface area (TPSA) is 105 Å². The smallest absolute Gasteiger partial charge is 0.336 e. The highest BCUT2D eigenvalue weighted by molar-refractivity contribution is 6.09. The van der Waals surface area contributed by atoms with Gasteiger partial charge in [-0.1, -0.05) is 17.2 Å². The maximum absolute atomic E-state index is 12.0. The Bertz CT molecular complexity index is 676. The van der Waals surface area contributed by atoms with Gasteiger partial charge in [-0.15, -0.1) is 5.10 Å². The summed E-state index contributed by atoms with van der Waals surface area (Å²) in [5, 5.41) is 19.0. The molecule has 1 saturated carbocycles. The fourth-order valence-corrected chi connectivity index (χ4v) is 1.81. The maximum atomic E-state index is 12.0. The molecule has 1 heterocycles. The van der Waals surface area contributed by atoms with Crippen molar-refractivity contribution < 1.29 is 19.1 Å². The first-order valence-electron chi connectivity index (χ1n) is 6.12. The largest absolute Gasteiger partial charge is 0.478 e. The third-order valence-corrected chi connectivity index (χ3v) is 2.99. The van der Waals surface area contributed by atoms with Crippen LogP contribution in [0.2, 0.25) is 0 Å². The van der Waals surface area contributed by atoms with Gasteiger partial charge in [0, 0.05) is 5.92 Å². The number of hydrogen-bond donors (Lipinski definition) is 2. The summed E-state index contributed by atoms with van der Waals surface area (Å²) < 4.78 is 5.30. The molecule has 0 spiro atoms. The number of nitrogens with one attached hydrogen (secondary N) is 1. The highest BCUT2D eigenvalue weighted by Gasteiger charge is 2.29. The van der Waals surface area contributed by atoms with Crippen LogP contribution in [0.15, 0.2) is 28.7 Å². The predicted octanol–water partition coefficient (Wildman–Crippen LogP) is 1.90. The monoisotopic (exact) mass is 273 g/mol. The Morgan fingerprint density at radius 3 is 2.55 bits per heavy atom. The van der Waals surface area contributed by atoms with E-state index in [0.717, 1.165) is 12.8 Å². The van der Waals surface area contributed by atoms with Crippen LogP contribution in [0.1, 0.15) is 45.4 Å². The van der Waals surface area contributed by atoms with Crippen LogP contribution in [-0.4, -0.2) is 27.2 Å². The number of anilines is 1.